The van der Waals surface area contributed by atoms with E-state index in [0.29, 0.717) is 12.2 Å². The van der Waals surface area contributed by atoms with Crippen LogP contribution in [0.15, 0.2) is 23.7 Å². The number of hydrogen-bond donors (Lipinski definition) is 1. The van der Waals surface area contributed by atoms with Gasteiger partial charge < -0.3 is 5.32 Å². The lowest BCUT2D eigenvalue weighted by Gasteiger charge is -2.13. The summed E-state index contributed by atoms with van der Waals surface area (Å²) in [5.41, 5.74) is 2.90. The summed E-state index contributed by atoms with van der Waals surface area (Å²) in [4.78, 5) is 5.30. The first-order valence-electron chi connectivity index (χ1n) is 6.18. The molecule has 0 radical (unpaired) electrons. The Morgan fingerprint density at radius 1 is 1.25 bits per heavy atom. The predicted molar refractivity (Wildman–Crippen MR) is 75.2 cm³/mol. The van der Waals surface area contributed by atoms with Gasteiger partial charge in [-0.1, -0.05) is 6.07 Å². The SMILES string of the molecule is Cc1ccc(NCCc2scnc2C)cc1C(F)(F)F. The minimum absolute atomic E-state index is 0.237. The highest BCUT2D eigenvalue weighted by Crippen LogP contribution is 2.33. The van der Waals surface area contributed by atoms with Crippen LogP contribution in [-0.4, -0.2) is 11.5 Å². The normalized spacial score (nSPS) is 11.7. The van der Waals surface area contributed by atoms with E-state index in [4.69, 9.17) is 0 Å². The molecule has 0 aliphatic heterocycles. The molecule has 0 aliphatic rings. The second-order valence-electron chi connectivity index (χ2n) is 4.57. The third-order valence-electron chi connectivity index (χ3n) is 3.07. The highest BCUT2D eigenvalue weighted by atomic mass is 32.1. The smallest absolute Gasteiger partial charge is 0.385 e. The number of halogens is 3. The Labute approximate surface area is 119 Å². The first-order chi connectivity index (χ1) is 9.38. The molecule has 0 atom stereocenters. The second-order valence-corrected chi connectivity index (χ2v) is 5.50. The van der Waals surface area contributed by atoms with Crippen LogP contribution in [0.3, 0.4) is 0 Å². The number of nitrogens with zero attached hydrogens (tertiary/aromatic N) is 1. The number of aryl methyl sites for hydroxylation is 2. The van der Waals surface area contributed by atoms with Crippen LogP contribution in [0, 0.1) is 13.8 Å². The number of anilines is 1. The summed E-state index contributed by atoms with van der Waals surface area (Å²) < 4.78 is 38.4. The number of rotatable bonds is 4. The molecule has 108 valence electrons. The van der Waals surface area contributed by atoms with Crippen molar-refractivity contribution in [3.8, 4) is 0 Å². The Morgan fingerprint density at radius 2 is 2.00 bits per heavy atom. The zero-order chi connectivity index (χ0) is 14.8. The maximum absolute atomic E-state index is 12.8. The Kier molecular flexibility index (Phi) is 4.32. The Bertz CT molecular complexity index is 590. The van der Waals surface area contributed by atoms with Crippen molar-refractivity contribution in [1.29, 1.82) is 0 Å². The number of thiazole rings is 1. The molecule has 1 aromatic heterocycles. The number of hydrogen-bond acceptors (Lipinski definition) is 3. The zero-order valence-electron chi connectivity index (χ0n) is 11.2. The summed E-state index contributed by atoms with van der Waals surface area (Å²) in [6.07, 6.45) is -3.55. The summed E-state index contributed by atoms with van der Waals surface area (Å²) in [6.45, 7) is 3.98. The van der Waals surface area contributed by atoms with Gasteiger partial charge in [-0.25, -0.2) is 4.98 Å². The molecule has 0 unspecified atom stereocenters. The first-order valence-corrected chi connectivity index (χ1v) is 7.06. The molecule has 0 amide bonds. The number of nitrogens with one attached hydrogen (secondary N) is 1. The van der Waals surface area contributed by atoms with Crippen molar-refractivity contribution in [2.75, 3.05) is 11.9 Å². The van der Waals surface area contributed by atoms with Crippen molar-refractivity contribution in [3.05, 3.63) is 45.4 Å². The largest absolute Gasteiger partial charge is 0.416 e. The molecule has 6 heteroatoms. The van der Waals surface area contributed by atoms with Crippen LogP contribution < -0.4 is 5.32 Å². The van der Waals surface area contributed by atoms with Crippen molar-refractivity contribution < 1.29 is 13.2 Å². The molecule has 1 heterocycles. The quantitative estimate of drug-likeness (QED) is 0.903. The maximum Gasteiger partial charge on any atom is 0.416 e. The second kappa shape index (κ2) is 5.83. The van der Waals surface area contributed by atoms with E-state index in [2.05, 4.69) is 10.3 Å². The van der Waals surface area contributed by atoms with Gasteiger partial charge in [0.05, 0.1) is 16.8 Å². The molecule has 20 heavy (non-hydrogen) atoms. The molecule has 0 fully saturated rings. The average Bonchev–Trinajstić information content (AvgIpc) is 2.76. The monoisotopic (exact) mass is 300 g/mol. The van der Waals surface area contributed by atoms with Crippen LogP contribution >= 0.6 is 11.3 Å². The van der Waals surface area contributed by atoms with Crippen LogP contribution in [0.2, 0.25) is 0 Å². The van der Waals surface area contributed by atoms with Crippen LogP contribution in [0.25, 0.3) is 0 Å². The summed E-state index contributed by atoms with van der Waals surface area (Å²) in [6, 6.07) is 4.32. The summed E-state index contributed by atoms with van der Waals surface area (Å²) in [5, 5.41) is 3.03. The fraction of sp³-hybridized carbons (Fsp3) is 0.357. The molecule has 2 rings (SSSR count). The highest BCUT2D eigenvalue weighted by Gasteiger charge is 2.32. The van der Waals surface area contributed by atoms with Gasteiger partial charge in [-0.15, -0.1) is 11.3 Å². The van der Waals surface area contributed by atoms with Gasteiger partial charge in [-0.3, -0.25) is 0 Å². The van der Waals surface area contributed by atoms with Gasteiger partial charge in [0.15, 0.2) is 0 Å². The van der Waals surface area contributed by atoms with Crippen molar-refractivity contribution >= 4 is 17.0 Å². The lowest BCUT2D eigenvalue weighted by molar-refractivity contribution is -0.138. The molecule has 0 saturated heterocycles. The van der Waals surface area contributed by atoms with Crippen LogP contribution in [0.4, 0.5) is 18.9 Å². The lowest BCUT2D eigenvalue weighted by Crippen LogP contribution is -2.10. The predicted octanol–water partition coefficient (Wildman–Crippen LogP) is 4.43. The average molecular weight is 300 g/mol. The van der Waals surface area contributed by atoms with Gasteiger partial charge in [-0.05, 0) is 31.5 Å². The minimum atomic E-state index is -4.31. The van der Waals surface area contributed by atoms with E-state index >= 15 is 0 Å². The zero-order valence-corrected chi connectivity index (χ0v) is 12.0. The molecule has 0 spiro atoms. The number of alkyl halides is 3. The van der Waals surface area contributed by atoms with E-state index in [-0.39, 0.29) is 5.56 Å². The first kappa shape index (κ1) is 14.8. The molecule has 2 nitrogen and oxygen atoms in total. The van der Waals surface area contributed by atoms with Crippen LogP contribution in [0.1, 0.15) is 21.7 Å². The van der Waals surface area contributed by atoms with Gasteiger partial charge in [-0.2, -0.15) is 13.2 Å². The van der Waals surface area contributed by atoms with E-state index in [1.165, 1.54) is 13.0 Å². The molecule has 2 aromatic rings. The molecule has 1 N–H and O–H groups in total. The van der Waals surface area contributed by atoms with Gasteiger partial charge in [0.25, 0.3) is 0 Å². The lowest BCUT2D eigenvalue weighted by atomic mass is 10.1. The van der Waals surface area contributed by atoms with Crippen LogP contribution in [-0.2, 0) is 12.6 Å². The molecule has 1 aromatic carbocycles. The van der Waals surface area contributed by atoms with Gasteiger partial charge in [0.1, 0.15) is 0 Å². The fourth-order valence-electron chi connectivity index (χ4n) is 1.92. The van der Waals surface area contributed by atoms with E-state index < -0.39 is 11.7 Å². The Morgan fingerprint density at radius 3 is 2.60 bits per heavy atom. The van der Waals surface area contributed by atoms with E-state index in [9.17, 15) is 13.2 Å². The van der Waals surface area contributed by atoms with Crippen molar-refractivity contribution in [1.82, 2.24) is 4.98 Å². The topological polar surface area (TPSA) is 24.9 Å². The Hall–Kier alpha value is -1.56. The molecule has 0 saturated carbocycles. The van der Waals surface area contributed by atoms with Gasteiger partial charge in [0, 0.05) is 23.5 Å². The molecule has 0 bridgehead atoms. The van der Waals surface area contributed by atoms with E-state index in [0.717, 1.165) is 23.1 Å². The molecular weight excluding hydrogens is 285 g/mol. The Balaban J connectivity index is 2.02. The van der Waals surface area contributed by atoms with Gasteiger partial charge in [0.2, 0.25) is 0 Å². The third-order valence-corrected chi connectivity index (χ3v) is 4.06. The van der Waals surface area contributed by atoms with Crippen molar-refractivity contribution in [2.24, 2.45) is 0 Å². The molecular formula is C14H15F3N2S. The van der Waals surface area contributed by atoms with Crippen LogP contribution in [0.5, 0.6) is 0 Å². The summed E-state index contributed by atoms with van der Waals surface area (Å²) >= 11 is 1.56. The summed E-state index contributed by atoms with van der Waals surface area (Å²) in [5.74, 6) is 0. The minimum Gasteiger partial charge on any atom is -0.385 e. The standard InChI is InChI=1S/C14H15F3N2S/c1-9-3-4-11(7-12(9)14(15,16)17)18-6-5-13-10(2)19-8-20-13/h3-4,7-8,18H,5-6H2,1-2H3. The third kappa shape index (κ3) is 3.50. The molecule has 0 aliphatic carbocycles. The summed E-state index contributed by atoms with van der Waals surface area (Å²) in [7, 11) is 0. The maximum atomic E-state index is 12.8. The van der Waals surface area contributed by atoms with Crippen molar-refractivity contribution in [3.63, 3.8) is 0 Å². The number of benzene rings is 1. The number of aromatic nitrogens is 1. The highest BCUT2D eigenvalue weighted by molar-refractivity contribution is 7.09. The van der Waals surface area contributed by atoms with E-state index in [1.54, 1.807) is 22.9 Å². The fourth-order valence-corrected chi connectivity index (χ4v) is 2.71. The van der Waals surface area contributed by atoms with E-state index in [1.807, 2.05) is 6.92 Å². The van der Waals surface area contributed by atoms with Gasteiger partial charge >= 0.3 is 6.18 Å². The van der Waals surface area contributed by atoms with Crippen molar-refractivity contribution in [2.45, 2.75) is 26.4 Å².